The van der Waals surface area contributed by atoms with Gasteiger partial charge in [0.1, 0.15) is 0 Å². The summed E-state index contributed by atoms with van der Waals surface area (Å²) in [6.07, 6.45) is 1.07. The van der Waals surface area contributed by atoms with Crippen molar-refractivity contribution in [2.45, 2.75) is 24.9 Å². The molecule has 3 aromatic rings. The fourth-order valence-electron chi connectivity index (χ4n) is 4.59. The average Bonchev–Trinajstić information content (AvgIpc) is 3.20. The van der Waals surface area contributed by atoms with Gasteiger partial charge in [-0.3, -0.25) is 19.4 Å². The van der Waals surface area contributed by atoms with Crippen LogP contribution in [-0.4, -0.2) is 46.2 Å². The number of para-hydroxylation sites is 1. The maximum Gasteiger partial charge on any atom is 0.246 e. The van der Waals surface area contributed by atoms with E-state index < -0.39 is 6.04 Å². The van der Waals surface area contributed by atoms with E-state index in [1.807, 2.05) is 36.4 Å². The number of nitrogens with one attached hydrogen (secondary N) is 1. The molecular weight excluding hydrogens is 374 g/mol. The minimum Gasteiger partial charge on any atom is -0.357 e. The monoisotopic (exact) mass is 393 g/mol. The van der Waals surface area contributed by atoms with E-state index in [1.165, 1.54) is 15.8 Å². The molecule has 2 aliphatic rings. The molecule has 2 aliphatic heterocycles. The van der Waals surface area contributed by atoms with E-state index in [0.717, 1.165) is 29.7 Å². The number of hydrogen-bond donors (Lipinski definition) is 1. The summed E-state index contributed by atoms with van der Waals surface area (Å²) < 4.78 is 0. The maximum absolute atomic E-state index is 12.8. The number of aromatic amines is 1. The van der Waals surface area contributed by atoms with Crippen LogP contribution in [0.2, 0.25) is 5.02 Å². The number of likely N-dealkylation sites (tertiary alicyclic amines) is 1. The molecule has 1 aromatic heterocycles. The van der Waals surface area contributed by atoms with Crippen molar-refractivity contribution in [2.24, 2.45) is 0 Å². The molecular formula is C22H20ClN3O2. The van der Waals surface area contributed by atoms with Gasteiger partial charge in [0.25, 0.3) is 0 Å². The molecule has 2 amide bonds. The summed E-state index contributed by atoms with van der Waals surface area (Å²) in [6, 6.07) is 15.5. The number of carbonyl (C=O) groups is 2. The molecule has 5 rings (SSSR count). The molecule has 1 fully saturated rings. The number of rotatable bonds is 2. The Morgan fingerprint density at radius 1 is 1.07 bits per heavy atom. The Hall–Kier alpha value is -2.63. The highest BCUT2D eigenvalue weighted by Gasteiger charge is 2.45. The largest absolute Gasteiger partial charge is 0.357 e. The van der Waals surface area contributed by atoms with Gasteiger partial charge in [0.2, 0.25) is 11.8 Å². The highest BCUT2D eigenvalue weighted by molar-refractivity contribution is 6.30. The van der Waals surface area contributed by atoms with Gasteiger partial charge in [-0.15, -0.1) is 0 Å². The second kappa shape index (κ2) is 6.47. The number of nitrogens with zero attached hydrogens (tertiary/aromatic N) is 2. The molecule has 0 saturated carbocycles. The minimum atomic E-state index is -0.433. The molecule has 2 aromatic carbocycles. The van der Waals surface area contributed by atoms with Crippen molar-refractivity contribution in [3.05, 3.63) is 70.4 Å². The van der Waals surface area contributed by atoms with E-state index in [1.54, 1.807) is 7.05 Å². The molecule has 0 unspecified atom stereocenters. The highest BCUT2D eigenvalue weighted by Crippen LogP contribution is 2.41. The lowest BCUT2D eigenvalue weighted by atomic mass is 9.90. The number of hydrogen-bond acceptors (Lipinski definition) is 3. The number of fused-ring (bicyclic) bond motifs is 3. The number of H-pyrrole nitrogens is 1. The number of benzene rings is 2. The van der Waals surface area contributed by atoms with Crippen LogP contribution >= 0.6 is 11.6 Å². The fraction of sp³-hybridized carbons (Fsp3) is 0.273. The van der Waals surface area contributed by atoms with Crippen LogP contribution in [0, 0.1) is 0 Å². The zero-order valence-corrected chi connectivity index (χ0v) is 16.2. The molecule has 142 valence electrons. The average molecular weight is 394 g/mol. The minimum absolute atomic E-state index is 0.118. The maximum atomic E-state index is 12.8. The van der Waals surface area contributed by atoms with Crippen molar-refractivity contribution in [1.29, 1.82) is 0 Å². The Kier molecular flexibility index (Phi) is 4.03. The van der Waals surface area contributed by atoms with E-state index in [0.29, 0.717) is 5.02 Å². The number of halogens is 1. The molecule has 0 bridgehead atoms. The number of amides is 2. The van der Waals surface area contributed by atoms with Gasteiger partial charge in [-0.25, -0.2) is 0 Å². The Labute approximate surface area is 167 Å². The van der Waals surface area contributed by atoms with Gasteiger partial charge in [0.05, 0.1) is 18.5 Å². The molecule has 0 radical (unpaired) electrons. The summed E-state index contributed by atoms with van der Waals surface area (Å²) >= 11 is 6.11. The van der Waals surface area contributed by atoms with Gasteiger partial charge in [0, 0.05) is 35.2 Å². The predicted octanol–water partition coefficient (Wildman–Crippen LogP) is 3.53. The molecule has 2 atom stereocenters. The standard InChI is InChI=1S/C22H20ClN3O2/c1-25-19(27)12-18(22(25)28)26-11-10-16-15-4-2-3-5-17(15)24-20(16)21(26)13-6-8-14(23)9-7-13/h2-9,18,21,24H,10-12H2,1H3/t18-,21-/m0/s1. The van der Waals surface area contributed by atoms with Crippen LogP contribution in [-0.2, 0) is 16.0 Å². The highest BCUT2D eigenvalue weighted by atomic mass is 35.5. The first-order valence-electron chi connectivity index (χ1n) is 9.45. The second-order valence-electron chi connectivity index (χ2n) is 7.52. The molecule has 3 heterocycles. The van der Waals surface area contributed by atoms with Crippen molar-refractivity contribution < 1.29 is 9.59 Å². The molecule has 0 spiro atoms. The summed E-state index contributed by atoms with van der Waals surface area (Å²) in [7, 11) is 1.57. The van der Waals surface area contributed by atoms with Crippen LogP contribution in [0.3, 0.4) is 0 Å². The number of imide groups is 1. The third-order valence-electron chi connectivity index (χ3n) is 6.02. The summed E-state index contributed by atoms with van der Waals surface area (Å²) in [4.78, 5) is 31.9. The van der Waals surface area contributed by atoms with Gasteiger partial charge in [0.15, 0.2) is 0 Å². The van der Waals surface area contributed by atoms with Crippen LogP contribution in [0.15, 0.2) is 48.5 Å². The van der Waals surface area contributed by atoms with Gasteiger partial charge in [-0.2, -0.15) is 0 Å². The van der Waals surface area contributed by atoms with Crippen LogP contribution in [0.4, 0.5) is 0 Å². The first-order chi connectivity index (χ1) is 13.5. The lowest BCUT2D eigenvalue weighted by Gasteiger charge is -2.39. The lowest BCUT2D eigenvalue weighted by Crippen LogP contribution is -2.46. The third-order valence-corrected chi connectivity index (χ3v) is 6.27. The zero-order valence-electron chi connectivity index (χ0n) is 15.5. The van der Waals surface area contributed by atoms with E-state index in [-0.39, 0.29) is 24.3 Å². The summed E-state index contributed by atoms with van der Waals surface area (Å²) in [5.41, 5.74) is 4.55. The number of aromatic nitrogens is 1. The van der Waals surface area contributed by atoms with E-state index in [2.05, 4.69) is 22.0 Å². The molecule has 28 heavy (non-hydrogen) atoms. The third kappa shape index (κ3) is 2.58. The summed E-state index contributed by atoms with van der Waals surface area (Å²) in [5, 5.41) is 1.90. The summed E-state index contributed by atoms with van der Waals surface area (Å²) in [6.45, 7) is 0.722. The summed E-state index contributed by atoms with van der Waals surface area (Å²) in [5.74, 6) is -0.240. The van der Waals surface area contributed by atoms with Gasteiger partial charge in [-0.05, 0) is 35.7 Å². The lowest BCUT2D eigenvalue weighted by molar-refractivity contribution is -0.138. The van der Waals surface area contributed by atoms with Crippen molar-refractivity contribution in [2.75, 3.05) is 13.6 Å². The second-order valence-corrected chi connectivity index (χ2v) is 7.95. The number of likely N-dealkylation sites (N-methyl/N-ethyl adjacent to an activating group) is 1. The Balaban J connectivity index is 1.66. The van der Waals surface area contributed by atoms with Crippen LogP contribution in [0.25, 0.3) is 10.9 Å². The molecule has 5 nitrogen and oxygen atoms in total. The smallest absolute Gasteiger partial charge is 0.246 e. The van der Waals surface area contributed by atoms with Crippen LogP contribution < -0.4 is 0 Å². The van der Waals surface area contributed by atoms with Crippen molar-refractivity contribution >= 4 is 34.3 Å². The topological polar surface area (TPSA) is 56.4 Å². The first-order valence-corrected chi connectivity index (χ1v) is 9.83. The molecule has 1 N–H and O–H groups in total. The van der Waals surface area contributed by atoms with Crippen molar-refractivity contribution in [3.63, 3.8) is 0 Å². The van der Waals surface area contributed by atoms with Crippen LogP contribution in [0.5, 0.6) is 0 Å². The molecule has 6 heteroatoms. The van der Waals surface area contributed by atoms with Crippen molar-refractivity contribution in [1.82, 2.24) is 14.8 Å². The first kappa shape index (κ1) is 17.5. The SMILES string of the molecule is CN1C(=O)C[C@H](N2CCc3c([nH]c4ccccc34)[C@@H]2c2ccc(Cl)cc2)C1=O. The fourth-order valence-corrected chi connectivity index (χ4v) is 4.72. The Morgan fingerprint density at radius 2 is 1.82 bits per heavy atom. The van der Waals surface area contributed by atoms with Gasteiger partial charge < -0.3 is 4.98 Å². The normalized spacial score (nSPS) is 22.9. The Bertz CT molecular complexity index is 1090. The number of carbonyl (C=O) groups excluding carboxylic acids is 2. The van der Waals surface area contributed by atoms with E-state index in [9.17, 15) is 9.59 Å². The predicted molar refractivity (Wildman–Crippen MR) is 108 cm³/mol. The van der Waals surface area contributed by atoms with Gasteiger partial charge in [-0.1, -0.05) is 41.9 Å². The van der Waals surface area contributed by atoms with E-state index in [4.69, 9.17) is 11.6 Å². The zero-order chi connectivity index (χ0) is 19.4. The van der Waals surface area contributed by atoms with Gasteiger partial charge >= 0.3 is 0 Å². The quantitative estimate of drug-likeness (QED) is 0.678. The van der Waals surface area contributed by atoms with E-state index >= 15 is 0 Å². The molecule has 1 saturated heterocycles. The van der Waals surface area contributed by atoms with Crippen molar-refractivity contribution in [3.8, 4) is 0 Å². The molecule has 0 aliphatic carbocycles. The Morgan fingerprint density at radius 3 is 2.54 bits per heavy atom. The van der Waals surface area contributed by atoms with Crippen LogP contribution in [0.1, 0.15) is 29.3 Å².